The van der Waals surface area contributed by atoms with Crippen LogP contribution in [0.2, 0.25) is 0 Å². The third-order valence-corrected chi connectivity index (χ3v) is 0.905. The molecule has 1 aromatic rings. The van der Waals surface area contributed by atoms with Crippen LogP contribution < -0.4 is 5.32 Å². The highest BCUT2D eigenvalue weighted by Crippen LogP contribution is 1.92. The SMILES string of the molecule is CNCc1noc(C)n1.Cl. The van der Waals surface area contributed by atoms with Crippen LogP contribution in [0.25, 0.3) is 0 Å². The highest BCUT2D eigenvalue weighted by Gasteiger charge is 1.97. The van der Waals surface area contributed by atoms with E-state index < -0.39 is 0 Å². The summed E-state index contributed by atoms with van der Waals surface area (Å²) in [5.74, 6) is 1.32. The molecule has 1 N–H and O–H groups in total. The predicted octanol–water partition coefficient (Wildman–Crippen LogP) is 0.519. The highest BCUT2D eigenvalue weighted by molar-refractivity contribution is 5.85. The van der Waals surface area contributed by atoms with Gasteiger partial charge in [-0.15, -0.1) is 12.4 Å². The lowest BCUT2D eigenvalue weighted by Crippen LogP contribution is -2.06. The van der Waals surface area contributed by atoms with Gasteiger partial charge in [0, 0.05) is 6.92 Å². The molecule has 1 heterocycles. The zero-order valence-corrected chi connectivity index (χ0v) is 6.73. The summed E-state index contributed by atoms with van der Waals surface area (Å²) >= 11 is 0. The number of halogens is 1. The number of nitrogens with zero attached hydrogens (tertiary/aromatic N) is 2. The summed E-state index contributed by atoms with van der Waals surface area (Å²) in [6.45, 7) is 2.43. The van der Waals surface area contributed by atoms with Crippen LogP contribution in [0.4, 0.5) is 0 Å². The largest absolute Gasteiger partial charge is 0.340 e. The third kappa shape index (κ3) is 2.33. The van der Waals surface area contributed by atoms with Gasteiger partial charge in [0.25, 0.3) is 0 Å². The van der Waals surface area contributed by atoms with Crippen molar-refractivity contribution in [2.24, 2.45) is 0 Å². The molecule has 1 rings (SSSR count). The Balaban J connectivity index is 0.000000810. The standard InChI is InChI=1S/C5H9N3O.ClH/c1-4-7-5(3-6-2)8-9-4;/h6H,3H2,1-2H3;1H. The second-order valence-corrected chi connectivity index (χ2v) is 1.76. The molecule has 0 aromatic carbocycles. The maximum absolute atomic E-state index is 4.72. The minimum Gasteiger partial charge on any atom is -0.340 e. The van der Waals surface area contributed by atoms with Gasteiger partial charge in [0.1, 0.15) is 0 Å². The van der Waals surface area contributed by atoms with Crippen LogP contribution in [0.5, 0.6) is 0 Å². The van der Waals surface area contributed by atoms with Crippen molar-refractivity contribution in [1.82, 2.24) is 15.5 Å². The van der Waals surface area contributed by atoms with Crippen LogP contribution in [0.1, 0.15) is 11.7 Å². The summed E-state index contributed by atoms with van der Waals surface area (Å²) in [7, 11) is 1.84. The van der Waals surface area contributed by atoms with Crippen LogP contribution in [-0.2, 0) is 6.54 Å². The summed E-state index contributed by atoms with van der Waals surface area (Å²) < 4.78 is 4.72. The summed E-state index contributed by atoms with van der Waals surface area (Å²) in [5.41, 5.74) is 0. The minimum atomic E-state index is 0. The van der Waals surface area contributed by atoms with Gasteiger partial charge < -0.3 is 9.84 Å². The molecule has 0 spiro atoms. The quantitative estimate of drug-likeness (QED) is 0.691. The molecular formula is C5H10ClN3O. The van der Waals surface area contributed by atoms with Gasteiger partial charge in [-0.1, -0.05) is 5.16 Å². The Morgan fingerprint density at radius 3 is 2.70 bits per heavy atom. The van der Waals surface area contributed by atoms with Gasteiger partial charge in [-0.05, 0) is 7.05 Å². The number of nitrogens with one attached hydrogen (secondary N) is 1. The van der Waals surface area contributed by atoms with Crippen molar-refractivity contribution in [3.05, 3.63) is 11.7 Å². The summed E-state index contributed by atoms with van der Waals surface area (Å²) in [6, 6.07) is 0. The molecule has 0 fully saturated rings. The van der Waals surface area contributed by atoms with E-state index in [2.05, 4.69) is 15.5 Å². The molecule has 0 saturated carbocycles. The smallest absolute Gasteiger partial charge is 0.223 e. The van der Waals surface area contributed by atoms with Crippen molar-refractivity contribution in [2.45, 2.75) is 13.5 Å². The molecule has 0 unspecified atom stereocenters. The summed E-state index contributed by atoms with van der Waals surface area (Å²) in [6.07, 6.45) is 0. The Morgan fingerprint density at radius 1 is 1.60 bits per heavy atom. The van der Waals surface area contributed by atoms with E-state index in [1.807, 2.05) is 7.05 Å². The molecule has 10 heavy (non-hydrogen) atoms. The predicted molar refractivity (Wildman–Crippen MR) is 39.0 cm³/mol. The summed E-state index contributed by atoms with van der Waals surface area (Å²) in [4.78, 5) is 3.96. The first-order valence-electron chi connectivity index (χ1n) is 2.76. The maximum atomic E-state index is 4.72. The Hall–Kier alpha value is -0.610. The number of hydrogen-bond donors (Lipinski definition) is 1. The highest BCUT2D eigenvalue weighted by atomic mass is 35.5. The van der Waals surface area contributed by atoms with E-state index >= 15 is 0 Å². The van der Waals surface area contributed by atoms with Crippen LogP contribution in [0.15, 0.2) is 4.52 Å². The van der Waals surface area contributed by atoms with Crippen LogP contribution >= 0.6 is 12.4 Å². The zero-order chi connectivity index (χ0) is 6.69. The zero-order valence-electron chi connectivity index (χ0n) is 5.92. The lowest BCUT2D eigenvalue weighted by molar-refractivity contribution is 0.386. The fraction of sp³-hybridized carbons (Fsp3) is 0.600. The van der Waals surface area contributed by atoms with Crippen LogP contribution in [0, 0.1) is 6.92 Å². The fourth-order valence-corrected chi connectivity index (χ4v) is 0.571. The van der Waals surface area contributed by atoms with Crippen LogP contribution in [0.3, 0.4) is 0 Å². The number of aryl methyl sites for hydroxylation is 1. The van der Waals surface area contributed by atoms with E-state index in [4.69, 9.17) is 4.52 Å². The Labute approximate surface area is 65.4 Å². The molecule has 4 nitrogen and oxygen atoms in total. The number of hydrogen-bond acceptors (Lipinski definition) is 4. The van der Waals surface area contributed by atoms with Crippen molar-refractivity contribution >= 4 is 12.4 Å². The van der Waals surface area contributed by atoms with E-state index in [9.17, 15) is 0 Å². The van der Waals surface area contributed by atoms with Crippen molar-refractivity contribution in [3.63, 3.8) is 0 Å². The van der Waals surface area contributed by atoms with Crippen LogP contribution in [-0.4, -0.2) is 17.2 Å². The van der Waals surface area contributed by atoms with Gasteiger partial charge in [0.2, 0.25) is 5.89 Å². The number of rotatable bonds is 2. The molecule has 0 amide bonds. The van der Waals surface area contributed by atoms with Gasteiger partial charge in [-0.2, -0.15) is 4.98 Å². The molecule has 0 aliphatic heterocycles. The molecule has 5 heteroatoms. The molecule has 0 saturated heterocycles. The first-order valence-corrected chi connectivity index (χ1v) is 2.76. The molecular weight excluding hydrogens is 154 g/mol. The average molecular weight is 164 g/mol. The number of aromatic nitrogens is 2. The first-order chi connectivity index (χ1) is 4.33. The second-order valence-electron chi connectivity index (χ2n) is 1.76. The third-order valence-electron chi connectivity index (χ3n) is 0.905. The fourth-order valence-electron chi connectivity index (χ4n) is 0.571. The normalized spacial score (nSPS) is 9.00. The van der Waals surface area contributed by atoms with E-state index in [-0.39, 0.29) is 12.4 Å². The monoisotopic (exact) mass is 163 g/mol. The molecule has 0 aliphatic rings. The molecule has 0 bridgehead atoms. The minimum absolute atomic E-state index is 0. The van der Waals surface area contributed by atoms with Gasteiger partial charge in [0.05, 0.1) is 6.54 Å². The molecule has 0 aliphatic carbocycles. The van der Waals surface area contributed by atoms with Gasteiger partial charge in [0.15, 0.2) is 5.82 Å². The van der Waals surface area contributed by atoms with Crippen molar-refractivity contribution in [3.8, 4) is 0 Å². The molecule has 0 atom stereocenters. The second kappa shape index (κ2) is 4.24. The van der Waals surface area contributed by atoms with E-state index in [0.717, 1.165) is 0 Å². The topological polar surface area (TPSA) is 51.0 Å². The average Bonchev–Trinajstić information content (AvgIpc) is 2.17. The summed E-state index contributed by atoms with van der Waals surface area (Å²) in [5, 5.41) is 6.57. The Morgan fingerprint density at radius 2 is 2.30 bits per heavy atom. The van der Waals surface area contributed by atoms with E-state index in [1.165, 1.54) is 0 Å². The van der Waals surface area contributed by atoms with Gasteiger partial charge >= 0.3 is 0 Å². The Bertz CT molecular complexity index is 189. The lowest BCUT2D eigenvalue weighted by Gasteiger charge is -1.85. The van der Waals surface area contributed by atoms with Crippen molar-refractivity contribution < 1.29 is 4.52 Å². The molecule has 1 aromatic heterocycles. The molecule has 0 radical (unpaired) electrons. The first kappa shape index (κ1) is 9.39. The van der Waals surface area contributed by atoms with Crippen molar-refractivity contribution in [1.29, 1.82) is 0 Å². The Kier molecular flexibility index (Phi) is 3.99. The van der Waals surface area contributed by atoms with Crippen molar-refractivity contribution in [2.75, 3.05) is 7.05 Å². The van der Waals surface area contributed by atoms with E-state index in [0.29, 0.717) is 18.3 Å². The lowest BCUT2D eigenvalue weighted by atomic mass is 10.6. The van der Waals surface area contributed by atoms with Gasteiger partial charge in [-0.3, -0.25) is 0 Å². The maximum Gasteiger partial charge on any atom is 0.223 e. The van der Waals surface area contributed by atoms with Gasteiger partial charge in [-0.25, -0.2) is 0 Å². The van der Waals surface area contributed by atoms with E-state index in [1.54, 1.807) is 6.92 Å². The molecule has 58 valence electrons.